The third-order valence-electron chi connectivity index (χ3n) is 2.96. The predicted molar refractivity (Wildman–Crippen MR) is 68.8 cm³/mol. The molecule has 1 aliphatic rings. The fourth-order valence-corrected chi connectivity index (χ4v) is 2.08. The van der Waals surface area contributed by atoms with Gasteiger partial charge in [0.1, 0.15) is 0 Å². The molecule has 102 valence electrons. The number of nitrogens with zero attached hydrogens (tertiary/aromatic N) is 1. The van der Waals surface area contributed by atoms with E-state index in [9.17, 15) is 9.59 Å². The summed E-state index contributed by atoms with van der Waals surface area (Å²) in [6.07, 6.45) is -0.544. The number of carbonyl (C=O) groups excluding carboxylic acids is 1. The number of aliphatic carboxylic acids is 1. The van der Waals surface area contributed by atoms with Crippen LogP contribution in [0.15, 0.2) is 24.3 Å². The number of carboxylic acids is 1. The number of carboxylic acid groups (broad SMARTS) is 1. The monoisotopic (exact) mass is 264 g/mol. The lowest BCUT2D eigenvalue weighted by atomic mass is 10.1. The smallest absolute Gasteiger partial charge is 0.306 e. The molecule has 19 heavy (non-hydrogen) atoms. The van der Waals surface area contributed by atoms with Crippen molar-refractivity contribution in [3.05, 3.63) is 29.8 Å². The summed E-state index contributed by atoms with van der Waals surface area (Å²) in [5.74, 6) is -1.07. The lowest BCUT2D eigenvalue weighted by molar-refractivity contribution is -0.141. The van der Waals surface area contributed by atoms with E-state index in [0.717, 1.165) is 0 Å². The molecule has 3 N–H and O–H groups in total. The number of hydrogen-bond acceptors (Lipinski definition) is 4. The molecule has 6 nitrogen and oxygen atoms in total. The molecule has 1 amide bonds. The Kier molecular flexibility index (Phi) is 4.01. The number of hydrogen-bond donors (Lipinski definition) is 2. The Morgan fingerprint density at radius 1 is 1.47 bits per heavy atom. The van der Waals surface area contributed by atoms with Gasteiger partial charge in [-0.25, -0.2) is 0 Å². The highest BCUT2D eigenvalue weighted by atomic mass is 16.5. The Morgan fingerprint density at radius 3 is 2.95 bits per heavy atom. The minimum atomic E-state index is -0.928. The fourth-order valence-electron chi connectivity index (χ4n) is 2.08. The molecule has 1 aliphatic heterocycles. The third-order valence-corrected chi connectivity index (χ3v) is 2.96. The van der Waals surface area contributed by atoms with Crippen molar-refractivity contribution in [1.29, 1.82) is 0 Å². The summed E-state index contributed by atoms with van der Waals surface area (Å²) in [6, 6.07) is 6.74. The van der Waals surface area contributed by atoms with Crippen molar-refractivity contribution in [3.8, 4) is 0 Å². The van der Waals surface area contributed by atoms with Gasteiger partial charge in [0, 0.05) is 24.3 Å². The maximum Gasteiger partial charge on any atom is 0.306 e. The molecule has 0 spiro atoms. The van der Waals surface area contributed by atoms with Crippen LogP contribution in [0.5, 0.6) is 0 Å². The Balaban J connectivity index is 2.04. The molecule has 1 saturated heterocycles. The van der Waals surface area contributed by atoms with Gasteiger partial charge in [-0.05, 0) is 18.2 Å². The van der Waals surface area contributed by atoms with Crippen LogP contribution in [0.2, 0.25) is 0 Å². The van der Waals surface area contributed by atoms with E-state index in [1.165, 1.54) is 0 Å². The highest BCUT2D eigenvalue weighted by Gasteiger charge is 2.26. The fraction of sp³-hybridized carbons (Fsp3) is 0.385. The van der Waals surface area contributed by atoms with E-state index in [-0.39, 0.29) is 12.3 Å². The van der Waals surface area contributed by atoms with E-state index in [2.05, 4.69) is 0 Å². The lowest BCUT2D eigenvalue weighted by Gasteiger charge is -2.32. The SMILES string of the molecule is Nc1cccc(C(=O)N2CCOC(CC(=O)O)C2)c1. The van der Waals surface area contributed by atoms with Crippen LogP contribution in [0.3, 0.4) is 0 Å². The maximum absolute atomic E-state index is 12.3. The largest absolute Gasteiger partial charge is 0.481 e. The average molecular weight is 264 g/mol. The van der Waals surface area contributed by atoms with Crippen LogP contribution in [0.25, 0.3) is 0 Å². The second-order valence-electron chi connectivity index (χ2n) is 4.47. The zero-order chi connectivity index (χ0) is 13.8. The van der Waals surface area contributed by atoms with Crippen LogP contribution < -0.4 is 5.73 Å². The molecular formula is C13H16N2O4. The summed E-state index contributed by atoms with van der Waals surface area (Å²) in [5.41, 5.74) is 6.69. The Bertz CT molecular complexity index is 489. The Labute approximate surface area is 110 Å². The molecule has 0 saturated carbocycles. The van der Waals surface area contributed by atoms with Gasteiger partial charge in [0.05, 0.1) is 19.1 Å². The quantitative estimate of drug-likeness (QED) is 0.779. The topological polar surface area (TPSA) is 92.9 Å². The molecule has 0 aromatic heterocycles. The predicted octanol–water partition coefficient (Wildman–Crippen LogP) is 0.584. The van der Waals surface area contributed by atoms with E-state index in [1.54, 1.807) is 29.2 Å². The van der Waals surface area contributed by atoms with Gasteiger partial charge < -0.3 is 20.5 Å². The van der Waals surface area contributed by atoms with E-state index < -0.39 is 12.1 Å². The highest BCUT2D eigenvalue weighted by Crippen LogP contribution is 2.14. The first-order valence-electron chi connectivity index (χ1n) is 6.04. The number of anilines is 1. The molecule has 1 fully saturated rings. The van der Waals surface area contributed by atoms with Crippen molar-refractivity contribution in [2.75, 3.05) is 25.4 Å². The van der Waals surface area contributed by atoms with Crippen molar-refractivity contribution in [2.24, 2.45) is 0 Å². The number of carbonyl (C=O) groups is 2. The van der Waals surface area contributed by atoms with E-state index in [0.29, 0.717) is 30.9 Å². The first-order valence-corrected chi connectivity index (χ1v) is 6.04. The van der Waals surface area contributed by atoms with Crippen LogP contribution in [-0.2, 0) is 9.53 Å². The van der Waals surface area contributed by atoms with E-state index in [4.69, 9.17) is 15.6 Å². The number of rotatable bonds is 3. The minimum Gasteiger partial charge on any atom is -0.481 e. The number of nitrogens with two attached hydrogens (primary N) is 1. The zero-order valence-corrected chi connectivity index (χ0v) is 10.4. The Morgan fingerprint density at radius 2 is 2.26 bits per heavy atom. The summed E-state index contributed by atoms with van der Waals surface area (Å²) in [7, 11) is 0. The molecule has 6 heteroatoms. The van der Waals surface area contributed by atoms with Gasteiger partial charge in [0.25, 0.3) is 5.91 Å². The number of morpholine rings is 1. The van der Waals surface area contributed by atoms with Crippen molar-refractivity contribution in [2.45, 2.75) is 12.5 Å². The second kappa shape index (κ2) is 5.71. The number of nitrogen functional groups attached to an aromatic ring is 1. The minimum absolute atomic E-state index is 0.0965. The number of amides is 1. The second-order valence-corrected chi connectivity index (χ2v) is 4.47. The zero-order valence-electron chi connectivity index (χ0n) is 10.4. The highest BCUT2D eigenvalue weighted by molar-refractivity contribution is 5.95. The molecule has 2 rings (SSSR count). The number of ether oxygens (including phenoxy) is 1. The summed E-state index contributed by atoms with van der Waals surface area (Å²) in [4.78, 5) is 24.5. The number of benzene rings is 1. The molecule has 1 unspecified atom stereocenters. The van der Waals surface area contributed by atoms with E-state index >= 15 is 0 Å². The lowest BCUT2D eigenvalue weighted by Crippen LogP contribution is -2.46. The molecule has 0 aliphatic carbocycles. The van der Waals surface area contributed by atoms with Gasteiger partial charge in [-0.15, -0.1) is 0 Å². The average Bonchev–Trinajstić information content (AvgIpc) is 2.37. The maximum atomic E-state index is 12.3. The van der Waals surface area contributed by atoms with Crippen molar-refractivity contribution >= 4 is 17.6 Å². The van der Waals surface area contributed by atoms with Gasteiger partial charge in [-0.2, -0.15) is 0 Å². The van der Waals surface area contributed by atoms with Crippen LogP contribution in [0, 0.1) is 0 Å². The van der Waals surface area contributed by atoms with Gasteiger partial charge >= 0.3 is 5.97 Å². The molecule has 1 atom stereocenters. The van der Waals surface area contributed by atoms with Gasteiger partial charge in [0.15, 0.2) is 0 Å². The standard InChI is InChI=1S/C13H16N2O4/c14-10-3-1-2-9(6-10)13(18)15-4-5-19-11(8-15)7-12(16)17/h1-3,6,11H,4-5,7-8,14H2,(H,16,17). The third kappa shape index (κ3) is 3.45. The summed E-state index contributed by atoms with van der Waals surface area (Å²) >= 11 is 0. The summed E-state index contributed by atoms with van der Waals surface area (Å²) in [5, 5.41) is 8.74. The van der Waals surface area contributed by atoms with Crippen LogP contribution in [-0.4, -0.2) is 47.7 Å². The van der Waals surface area contributed by atoms with Gasteiger partial charge in [-0.1, -0.05) is 6.07 Å². The van der Waals surface area contributed by atoms with Crippen molar-refractivity contribution < 1.29 is 19.4 Å². The Hall–Kier alpha value is -2.08. The molecule has 0 radical (unpaired) electrons. The van der Waals surface area contributed by atoms with Crippen molar-refractivity contribution in [3.63, 3.8) is 0 Å². The summed E-state index contributed by atoms with van der Waals surface area (Å²) in [6.45, 7) is 1.11. The molecule has 1 heterocycles. The molecule has 0 bridgehead atoms. The molecule has 1 aromatic carbocycles. The molecular weight excluding hydrogens is 248 g/mol. The van der Waals surface area contributed by atoms with Gasteiger partial charge in [-0.3, -0.25) is 9.59 Å². The van der Waals surface area contributed by atoms with Crippen molar-refractivity contribution in [1.82, 2.24) is 4.90 Å². The van der Waals surface area contributed by atoms with Crippen LogP contribution in [0.4, 0.5) is 5.69 Å². The first kappa shape index (κ1) is 13.4. The van der Waals surface area contributed by atoms with Gasteiger partial charge in [0.2, 0.25) is 0 Å². The normalized spacial score (nSPS) is 19.2. The summed E-state index contributed by atoms with van der Waals surface area (Å²) < 4.78 is 5.33. The van der Waals surface area contributed by atoms with Crippen LogP contribution >= 0.6 is 0 Å². The van der Waals surface area contributed by atoms with Crippen LogP contribution in [0.1, 0.15) is 16.8 Å². The van der Waals surface area contributed by atoms with E-state index in [1.807, 2.05) is 0 Å². The first-order chi connectivity index (χ1) is 9.06. The molecule has 1 aromatic rings.